The Morgan fingerprint density at radius 2 is 1.68 bits per heavy atom. The van der Waals surface area contributed by atoms with Crippen molar-refractivity contribution in [2.45, 2.75) is 27.2 Å². The number of phenols is 1. The molecule has 2 aromatic rings. The summed E-state index contributed by atoms with van der Waals surface area (Å²) >= 11 is 0. The normalized spacial score (nSPS) is 10.2. The molecule has 0 radical (unpaired) electrons. The van der Waals surface area contributed by atoms with E-state index in [4.69, 9.17) is 9.47 Å². The average Bonchev–Trinajstić information content (AvgIpc) is 2.66. The smallest absolute Gasteiger partial charge is 0.313 e. The zero-order chi connectivity index (χ0) is 20.5. The predicted octanol–water partition coefficient (Wildman–Crippen LogP) is 2.80. The molecule has 0 bridgehead atoms. The maximum Gasteiger partial charge on any atom is 0.313 e. The number of amides is 2. The second-order valence-electron chi connectivity index (χ2n) is 6.13. The van der Waals surface area contributed by atoms with Crippen LogP contribution >= 0.6 is 0 Å². The summed E-state index contributed by atoms with van der Waals surface area (Å²) in [6.45, 7) is 6.96. The van der Waals surface area contributed by atoms with Gasteiger partial charge >= 0.3 is 11.8 Å². The summed E-state index contributed by atoms with van der Waals surface area (Å²) in [7, 11) is 0. The van der Waals surface area contributed by atoms with E-state index >= 15 is 0 Å². The van der Waals surface area contributed by atoms with Gasteiger partial charge in [0.25, 0.3) is 0 Å². The SMILES string of the molecule is CCOc1ccc(CCNC(=O)C(=O)Nc2ccc(C)cc2O)cc1OCC. The Labute approximate surface area is 164 Å². The van der Waals surface area contributed by atoms with Crippen molar-refractivity contribution in [3.05, 3.63) is 47.5 Å². The maximum atomic E-state index is 12.0. The van der Waals surface area contributed by atoms with E-state index in [9.17, 15) is 14.7 Å². The van der Waals surface area contributed by atoms with Crippen molar-refractivity contribution < 1.29 is 24.2 Å². The molecule has 2 aromatic carbocycles. The average molecular weight is 386 g/mol. The number of phenolic OH excluding ortho intramolecular Hbond substituents is 1. The number of carbonyl (C=O) groups is 2. The fourth-order valence-corrected chi connectivity index (χ4v) is 2.58. The monoisotopic (exact) mass is 386 g/mol. The van der Waals surface area contributed by atoms with Crippen molar-refractivity contribution >= 4 is 17.5 Å². The number of aromatic hydroxyl groups is 1. The molecule has 2 amide bonds. The Bertz CT molecular complexity index is 836. The van der Waals surface area contributed by atoms with Crippen LogP contribution in [-0.4, -0.2) is 36.7 Å². The molecule has 28 heavy (non-hydrogen) atoms. The lowest BCUT2D eigenvalue weighted by molar-refractivity contribution is -0.136. The van der Waals surface area contributed by atoms with E-state index < -0.39 is 11.8 Å². The van der Waals surface area contributed by atoms with Crippen molar-refractivity contribution in [3.8, 4) is 17.2 Å². The van der Waals surface area contributed by atoms with Crippen LogP contribution in [0, 0.1) is 6.92 Å². The van der Waals surface area contributed by atoms with Gasteiger partial charge in [-0.2, -0.15) is 0 Å². The second-order valence-corrected chi connectivity index (χ2v) is 6.13. The predicted molar refractivity (Wildman–Crippen MR) is 107 cm³/mol. The standard InChI is InChI=1S/C21H26N2O5/c1-4-27-18-9-7-15(13-19(18)28-5-2)10-11-22-20(25)21(26)23-16-8-6-14(3)12-17(16)24/h6-9,12-13,24H,4-5,10-11H2,1-3H3,(H,22,25)(H,23,26). The molecule has 0 saturated heterocycles. The van der Waals surface area contributed by atoms with Gasteiger partial charge in [0.05, 0.1) is 18.9 Å². The summed E-state index contributed by atoms with van der Waals surface area (Å²) < 4.78 is 11.1. The number of anilines is 1. The highest BCUT2D eigenvalue weighted by atomic mass is 16.5. The quantitative estimate of drug-likeness (QED) is 0.479. The van der Waals surface area contributed by atoms with E-state index in [-0.39, 0.29) is 18.0 Å². The molecule has 7 nitrogen and oxygen atoms in total. The fourth-order valence-electron chi connectivity index (χ4n) is 2.58. The Morgan fingerprint density at radius 3 is 2.36 bits per heavy atom. The van der Waals surface area contributed by atoms with E-state index in [1.807, 2.05) is 39.0 Å². The number of hydrogen-bond acceptors (Lipinski definition) is 5. The van der Waals surface area contributed by atoms with Crippen LogP contribution in [0.4, 0.5) is 5.69 Å². The van der Waals surface area contributed by atoms with Crippen LogP contribution in [0.3, 0.4) is 0 Å². The largest absolute Gasteiger partial charge is 0.506 e. The molecule has 3 N–H and O–H groups in total. The van der Waals surface area contributed by atoms with Crippen molar-refractivity contribution in [2.75, 3.05) is 25.1 Å². The zero-order valence-electron chi connectivity index (χ0n) is 16.4. The van der Waals surface area contributed by atoms with Gasteiger partial charge in [0.2, 0.25) is 0 Å². The van der Waals surface area contributed by atoms with Crippen molar-refractivity contribution in [1.29, 1.82) is 0 Å². The highest BCUT2D eigenvalue weighted by Crippen LogP contribution is 2.28. The molecule has 7 heteroatoms. The number of benzene rings is 2. The van der Waals surface area contributed by atoms with Gasteiger partial charge < -0.3 is 25.2 Å². The lowest BCUT2D eigenvalue weighted by Gasteiger charge is -2.12. The van der Waals surface area contributed by atoms with E-state index in [2.05, 4.69) is 10.6 Å². The Hall–Kier alpha value is -3.22. The van der Waals surface area contributed by atoms with Gasteiger partial charge in [0, 0.05) is 6.54 Å². The molecule has 0 aliphatic heterocycles. The second kappa shape index (κ2) is 10.2. The minimum absolute atomic E-state index is 0.0843. The van der Waals surface area contributed by atoms with E-state index in [0.29, 0.717) is 31.1 Å². The van der Waals surface area contributed by atoms with Crippen LogP contribution in [-0.2, 0) is 16.0 Å². The first-order chi connectivity index (χ1) is 13.4. The van der Waals surface area contributed by atoms with Gasteiger partial charge in [-0.05, 0) is 62.6 Å². The number of ether oxygens (including phenoxy) is 2. The lowest BCUT2D eigenvalue weighted by atomic mass is 10.1. The molecular formula is C21H26N2O5. The summed E-state index contributed by atoms with van der Waals surface area (Å²) in [4.78, 5) is 24.0. The van der Waals surface area contributed by atoms with Gasteiger partial charge in [0.15, 0.2) is 11.5 Å². The molecule has 0 unspecified atom stereocenters. The first-order valence-corrected chi connectivity index (χ1v) is 9.21. The molecule has 0 fully saturated rings. The third kappa shape index (κ3) is 5.90. The molecule has 0 heterocycles. The number of aryl methyl sites for hydroxylation is 1. The van der Waals surface area contributed by atoms with Crippen LogP contribution in [0.15, 0.2) is 36.4 Å². The van der Waals surface area contributed by atoms with E-state index in [1.165, 1.54) is 6.07 Å². The van der Waals surface area contributed by atoms with E-state index in [1.54, 1.807) is 12.1 Å². The molecule has 0 aromatic heterocycles. The summed E-state index contributed by atoms with van der Waals surface area (Å²) in [6, 6.07) is 10.4. The van der Waals surface area contributed by atoms with Gasteiger partial charge in [-0.15, -0.1) is 0 Å². The Morgan fingerprint density at radius 1 is 0.964 bits per heavy atom. The van der Waals surface area contributed by atoms with Crippen molar-refractivity contribution in [3.63, 3.8) is 0 Å². The topological polar surface area (TPSA) is 96.9 Å². The third-order valence-corrected chi connectivity index (χ3v) is 3.91. The van der Waals surface area contributed by atoms with Crippen LogP contribution in [0.1, 0.15) is 25.0 Å². The first-order valence-electron chi connectivity index (χ1n) is 9.21. The molecule has 0 saturated carbocycles. The fraction of sp³-hybridized carbons (Fsp3) is 0.333. The van der Waals surface area contributed by atoms with Crippen LogP contribution in [0.5, 0.6) is 17.2 Å². The first kappa shape index (κ1) is 21.1. The van der Waals surface area contributed by atoms with Gasteiger partial charge in [-0.1, -0.05) is 12.1 Å². The minimum Gasteiger partial charge on any atom is -0.506 e. The van der Waals surface area contributed by atoms with Crippen LogP contribution in [0.2, 0.25) is 0 Å². The van der Waals surface area contributed by atoms with Gasteiger partial charge in [0.1, 0.15) is 5.75 Å². The summed E-state index contributed by atoms with van der Waals surface area (Å²) in [5.74, 6) is -0.356. The highest BCUT2D eigenvalue weighted by molar-refractivity contribution is 6.39. The summed E-state index contributed by atoms with van der Waals surface area (Å²) in [5.41, 5.74) is 1.99. The minimum atomic E-state index is -0.833. The molecule has 2 rings (SSSR count). The molecule has 0 spiro atoms. The highest BCUT2D eigenvalue weighted by Gasteiger charge is 2.15. The third-order valence-electron chi connectivity index (χ3n) is 3.91. The lowest BCUT2D eigenvalue weighted by Crippen LogP contribution is -2.36. The number of rotatable bonds is 8. The van der Waals surface area contributed by atoms with Crippen LogP contribution < -0.4 is 20.1 Å². The molecule has 0 aliphatic carbocycles. The number of nitrogens with one attached hydrogen (secondary N) is 2. The van der Waals surface area contributed by atoms with E-state index in [0.717, 1.165) is 11.1 Å². The molecule has 150 valence electrons. The van der Waals surface area contributed by atoms with Gasteiger partial charge in [-0.3, -0.25) is 9.59 Å². The maximum absolute atomic E-state index is 12.0. The Kier molecular flexibility index (Phi) is 7.68. The number of carbonyl (C=O) groups excluding carboxylic acids is 2. The number of hydrogen-bond donors (Lipinski definition) is 3. The Balaban J connectivity index is 1.88. The summed E-state index contributed by atoms with van der Waals surface area (Å²) in [6.07, 6.45) is 0.529. The van der Waals surface area contributed by atoms with Crippen molar-refractivity contribution in [1.82, 2.24) is 5.32 Å². The summed E-state index contributed by atoms with van der Waals surface area (Å²) in [5, 5.41) is 14.8. The van der Waals surface area contributed by atoms with Crippen molar-refractivity contribution in [2.24, 2.45) is 0 Å². The molecule has 0 aliphatic rings. The van der Waals surface area contributed by atoms with Gasteiger partial charge in [-0.25, -0.2) is 0 Å². The molecular weight excluding hydrogens is 360 g/mol. The zero-order valence-corrected chi connectivity index (χ0v) is 16.4. The molecule has 0 atom stereocenters. The van der Waals surface area contributed by atoms with Crippen LogP contribution in [0.25, 0.3) is 0 Å².